The van der Waals surface area contributed by atoms with Gasteiger partial charge in [0.2, 0.25) is 17.7 Å². The summed E-state index contributed by atoms with van der Waals surface area (Å²) in [6, 6.07) is 13.3. The molecule has 0 bridgehead atoms. The summed E-state index contributed by atoms with van der Waals surface area (Å²) in [5, 5.41) is 5.78. The fourth-order valence-electron chi connectivity index (χ4n) is 3.32. The SMILES string of the molecule is CC(CCC(=O)NC(Cc1ccc(CCc2ccccn2)cc1)C(=O)NC(C)(C)C)C(N)=O. The van der Waals surface area contributed by atoms with Crippen molar-refractivity contribution in [3.8, 4) is 0 Å². The molecule has 0 aliphatic rings. The Balaban J connectivity index is 2.01. The molecule has 3 amide bonds. The number of hydrogen-bond acceptors (Lipinski definition) is 4. The number of pyridine rings is 1. The molecule has 2 rings (SSSR count). The van der Waals surface area contributed by atoms with E-state index in [9.17, 15) is 14.4 Å². The number of aryl methyl sites for hydroxylation is 2. The number of rotatable bonds is 11. The van der Waals surface area contributed by atoms with Crippen LogP contribution < -0.4 is 16.4 Å². The second-order valence-electron chi connectivity index (χ2n) is 9.54. The van der Waals surface area contributed by atoms with Gasteiger partial charge in [-0.25, -0.2) is 0 Å². The maximum absolute atomic E-state index is 12.9. The van der Waals surface area contributed by atoms with Gasteiger partial charge >= 0.3 is 0 Å². The molecule has 0 aliphatic heterocycles. The van der Waals surface area contributed by atoms with E-state index < -0.39 is 23.4 Å². The Kier molecular flexibility index (Phi) is 9.57. The van der Waals surface area contributed by atoms with Crippen LogP contribution in [-0.2, 0) is 33.6 Å². The van der Waals surface area contributed by atoms with Gasteiger partial charge in [0.25, 0.3) is 0 Å². The molecule has 2 atom stereocenters. The van der Waals surface area contributed by atoms with Crippen molar-refractivity contribution in [3.05, 3.63) is 65.5 Å². The van der Waals surface area contributed by atoms with Gasteiger partial charge in [-0.3, -0.25) is 19.4 Å². The number of primary amides is 1. The summed E-state index contributed by atoms with van der Waals surface area (Å²) >= 11 is 0. The first-order chi connectivity index (χ1) is 15.5. The van der Waals surface area contributed by atoms with E-state index in [1.54, 1.807) is 13.1 Å². The monoisotopic (exact) mass is 452 g/mol. The van der Waals surface area contributed by atoms with Crippen LogP contribution in [0.3, 0.4) is 0 Å². The van der Waals surface area contributed by atoms with Crippen molar-refractivity contribution < 1.29 is 14.4 Å². The van der Waals surface area contributed by atoms with E-state index in [2.05, 4.69) is 15.6 Å². The van der Waals surface area contributed by atoms with Gasteiger partial charge in [-0.2, -0.15) is 0 Å². The van der Waals surface area contributed by atoms with Crippen molar-refractivity contribution in [2.24, 2.45) is 11.7 Å². The molecule has 0 saturated carbocycles. The summed E-state index contributed by atoms with van der Waals surface area (Å²) in [6.07, 6.45) is 4.38. The van der Waals surface area contributed by atoms with Crippen molar-refractivity contribution in [1.82, 2.24) is 15.6 Å². The Morgan fingerprint density at radius 1 is 1.00 bits per heavy atom. The number of amides is 3. The number of carbonyl (C=O) groups is 3. The van der Waals surface area contributed by atoms with Gasteiger partial charge in [0, 0.05) is 36.2 Å². The van der Waals surface area contributed by atoms with Gasteiger partial charge in [-0.15, -0.1) is 0 Å². The quantitative estimate of drug-likeness (QED) is 0.486. The van der Waals surface area contributed by atoms with Crippen LogP contribution in [0.2, 0.25) is 0 Å². The third-order valence-electron chi connectivity index (χ3n) is 5.30. The van der Waals surface area contributed by atoms with Crippen molar-refractivity contribution in [2.75, 3.05) is 0 Å². The molecular weight excluding hydrogens is 416 g/mol. The van der Waals surface area contributed by atoms with Crippen LogP contribution in [0.4, 0.5) is 0 Å². The molecule has 1 aromatic carbocycles. The molecule has 0 fully saturated rings. The average Bonchev–Trinajstić information content (AvgIpc) is 2.76. The van der Waals surface area contributed by atoms with Crippen LogP contribution in [0.15, 0.2) is 48.7 Å². The number of benzene rings is 1. The van der Waals surface area contributed by atoms with Gasteiger partial charge < -0.3 is 16.4 Å². The average molecular weight is 453 g/mol. The van der Waals surface area contributed by atoms with Crippen molar-refractivity contribution in [1.29, 1.82) is 0 Å². The van der Waals surface area contributed by atoms with E-state index in [1.165, 1.54) is 5.56 Å². The third kappa shape index (κ3) is 9.85. The van der Waals surface area contributed by atoms with Crippen LogP contribution in [-0.4, -0.2) is 34.3 Å². The fraction of sp³-hybridized carbons (Fsp3) is 0.462. The molecular formula is C26H36N4O3. The Morgan fingerprint density at radius 3 is 2.24 bits per heavy atom. The topological polar surface area (TPSA) is 114 Å². The summed E-state index contributed by atoms with van der Waals surface area (Å²) < 4.78 is 0. The summed E-state index contributed by atoms with van der Waals surface area (Å²) in [4.78, 5) is 40.9. The largest absolute Gasteiger partial charge is 0.369 e. The highest BCUT2D eigenvalue weighted by Crippen LogP contribution is 2.12. The molecule has 1 aromatic heterocycles. The highest BCUT2D eigenvalue weighted by Gasteiger charge is 2.25. The van der Waals surface area contributed by atoms with Gasteiger partial charge in [-0.1, -0.05) is 37.3 Å². The molecule has 2 aromatic rings. The Morgan fingerprint density at radius 2 is 1.67 bits per heavy atom. The fourth-order valence-corrected chi connectivity index (χ4v) is 3.32. The van der Waals surface area contributed by atoms with Gasteiger partial charge in [0.15, 0.2) is 0 Å². The second kappa shape index (κ2) is 12.1. The third-order valence-corrected chi connectivity index (χ3v) is 5.30. The molecule has 7 nitrogen and oxygen atoms in total. The molecule has 33 heavy (non-hydrogen) atoms. The normalized spacial score (nSPS) is 13.1. The lowest BCUT2D eigenvalue weighted by Crippen LogP contribution is -2.53. The predicted octanol–water partition coefficient (Wildman–Crippen LogP) is 2.71. The number of carbonyl (C=O) groups excluding carboxylic acids is 3. The number of nitrogens with zero attached hydrogens (tertiary/aromatic N) is 1. The number of nitrogens with two attached hydrogens (primary N) is 1. The lowest BCUT2D eigenvalue weighted by molar-refractivity contribution is -0.130. The van der Waals surface area contributed by atoms with Gasteiger partial charge in [0.1, 0.15) is 6.04 Å². The van der Waals surface area contributed by atoms with E-state index in [4.69, 9.17) is 5.73 Å². The first-order valence-electron chi connectivity index (χ1n) is 11.4. The summed E-state index contributed by atoms with van der Waals surface area (Å²) in [5.41, 5.74) is 8.04. The maximum Gasteiger partial charge on any atom is 0.243 e. The molecule has 7 heteroatoms. The standard InChI is InChI=1S/C26H36N4O3/c1-18(24(27)32)8-15-23(31)29-22(25(33)30-26(2,3)4)17-20-11-9-19(10-12-20)13-14-21-7-5-6-16-28-21/h5-7,9-12,16,18,22H,8,13-15,17H2,1-4H3,(H2,27,32)(H,29,31)(H,30,33). The Bertz CT molecular complexity index is 921. The Labute approximate surface area is 196 Å². The maximum atomic E-state index is 12.9. The van der Waals surface area contributed by atoms with Crippen molar-refractivity contribution in [2.45, 2.75) is 71.4 Å². The first kappa shape index (κ1) is 26.0. The smallest absolute Gasteiger partial charge is 0.243 e. The molecule has 0 aliphatic carbocycles. The highest BCUT2D eigenvalue weighted by atomic mass is 16.2. The molecule has 1 heterocycles. The second-order valence-corrected chi connectivity index (χ2v) is 9.54. The predicted molar refractivity (Wildman–Crippen MR) is 129 cm³/mol. The zero-order valence-corrected chi connectivity index (χ0v) is 20.1. The summed E-state index contributed by atoms with van der Waals surface area (Å²) in [6.45, 7) is 7.38. The van der Waals surface area contributed by atoms with Gasteiger partial charge in [-0.05, 0) is 63.3 Å². The molecule has 178 valence electrons. The zero-order chi connectivity index (χ0) is 24.4. The zero-order valence-electron chi connectivity index (χ0n) is 20.1. The minimum absolute atomic E-state index is 0.135. The van der Waals surface area contributed by atoms with E-state index in [0.29, 0.717) is 12.8 Å². The highest BCUT2D eigenvalue weighted by molar-refractivity contribution is 5.88. The molecule has 4 N–H and O–H groups in total. The molecule has 2 unspecified atom stereocenters. The van der Waals surface area contributed by atoms with Crippen LogP contribution in [0.5, 0.6) is 0 Å². The van der Waals surface area contributed by atoms with Crippen LogP contribution in [0.25, 0.3) is 0 Å². The van der Waals surface area contributed by atoms with Crippen molar-refractivity contribution in [3.63, 3.8) is 0 Å². The molecule has 0 saturated heterocycles. The minimum atomic E-state index is -0.708. The lowest BCUT2D eigenvalue weighted by atomic mass is 9.99. The molecule has 0 spiro atoms. The van der Waals surface area contributed by atoms with E-state index in [1.807, 2.05) is 63.2 Å². The number of nitrogens with one attached hydrogen (secondary N) is 2. The lowest BCUT2D eigenvalue weighted by Gasteiger charge is -2.26. The van der Waals surface area contributed by atoms with E-state index >= 15 is 0 Å². The summed E-state index contributed by atoms with van der Waals surface area (Å²) in [7, 11) is 0. The number of aromatic nitrogens is 1. The first-order valence-corrected chi connectivity index (χ1v) is 11.4. The van der Waals surface area contributed by atoms with Crippen LogP contribution in [0.1, 0.15) is 57.4 Å². The molecule has 0 radical (unpaired) electrons. The van der Waals surface area contributed by atoms with E-state index in [-0.39, 0.29) is 18.2 Å². The van der Waals surface area contributed by atoms with Crippen LogP contribution >= 0.6 is 0 Å². The Hall–Kier alpha value is -3.22. The van der Waals surface area contributed by atoms with Crippen molar-refractivity contribution >= 4 is 17.7 Å². The number of hydrogen-bond donors (Lipinski definition) is 3. The van der Waals surface area contributed by atoms with Crippen LogP contribution in [0, 0.1) is 5.92 Å². The van der Waals surface area contributed by atoms with E-state index in [0.717, 1.165) is 24.1 Å². The van der Waals surface area contributed by atoms with Gasteiger partial charge in [0.05, 0.1) is 0 Å². The minimum Gasteiger partial charge on any atom is -0.369 e. The summed E-state index contributed by atoms with van der Waals surface area (Å²) in [5.74, 6) is -1.34.